The molecule has 1 atom stereocenters. The van der Waals surface area contributed by atoms with Crippen molar-refractivity contribution in [3.05, 3.63) is 33.9 Å². The van der Waals surface area contributed by atoms with Gasteiger partial charge in [-0.25, -0.2) is 9.78 Å². The van der Waals surface area contributed by atoms with Gasteiger partial charge in [0.15, 0.2) is 5.82 Å². The minimum absolute atomic E-state index is 0.103. The summed E-state index contributed by atoms with van der Waals surface area (Å²) in [6.07, 6.45) is -2.81. The first-order valence-electron chi connectivity index (χ1n) is 10.2. The Morgan fingerprint density at radius 3 is 2.59 bits per heavy atom. The number of rotatable bonds is 3. The molecule has 0 saturated carbocycles. The molecule has 4 rings (SSSR count). The van der Waals surface area contributed by atoms with E-state index in [0.717, 1.165) is 68.7 Å². The zero-order valence-electron chi connectivity index (χ0n) is 17.9. The molecule has 2 aromatic heterocycles. The molecule has 1 N–H and O–H groups in total. The SMILES string of the molecule is Cc1ccc(N2CCOC3(CCCN(Cc4csc(C)n4)C3)C2)nn1.O=C(O)C(F)(F)F. The number of hydrogen-bond acceptors (Lipinski definition) is 8. The van der Waals surface area contributed by atoms with Crippen LogP contribution in [0.15, 0.2) is 17.5 Å². The summed E-state index contributed by atoms with van der Waals surface area (Å²) in [5.74, 6) is -1.80. The molecule has 32 heavy (non-hydrogen) atoms. The van der Waals surface area contributed by atoms with Crippen LogP contribution in [0.2, 0.25) is 0 Å². The molecule has 1 spiro atoms. The Morgan fingerprint density at radius 1 is 1.25 bits per heavy atom. The average molecular weight is 474 g/mol. The Morgan fingerprint density at radius 2 is 2.00 bits per heavy atom. The first-order chi connectivity index (χ1) is 15.1. The van der Waals surface area contributed by atoms with Crippen LogP contribution in [0.5, 0.6) is 0 Å². The largest absolute Gasteiger partial charge is 0.490 e. The number of thiazole rings is 1. The highest BCUT2D eigenvalue weighted by Gasteiger charge is 2.41. The van der Waals surface area contributed by atoms with Gasteiger partial charge in [0, 0.05) is 31.6 Å². The van der Waals surface area contributed by atoms with Gasteiger partial charge in [-0.15, -0.1) is 16.4 Å². The summed E-state index contributed by atoms with van der Waals surface area (Å²) in [4.78, 5) is 18.3. The number of carboxylic acid groups (broad SMARTS) is 1. The van der Waals surface area contributed by atoms with Crippen molar-refractivity contribution in [2.24, 2.45) is 0 Å². The molecule has 2 aliphatic rings. The molecule has 0 aromatic carbocycles. The fourth-order valence-corrected chi connectivity index (χ4v) is 4.49. The molecule has 8 nitrogen and oxygen atoms in total. The molecule has 2 aliphatic heterocycles. The number of likely N-dealkylation sites (tertiary alicyclic amines) is 1. The Labute approximate surface area is 188 Å². The summed E-state index contributed by atoms with van der Waals surface area (Å²) in [5, 5.41) is 19.0. The molecule has 0 bridgehead atoms. The van der Waals surface area contributed by atoms with Crippen LogP contribution in [0.1, 0.15) is 29.2 Å². The van der Waals surface area contributed by atoms with Crippen LogP contribution in [0, 0.1) is 13.8 Å². The number of hydrogen-bond donors (Lipinski definition) is 1. The van der Waals surface area contributed by atoms with Crippen LogP contribution >= 0.6 is 11.3 Å². The van der Waals surface area contributed by atoms with Crippen molar-refractivity contribution in [2.75, 3.05) is 37.7 Å². The Kier molecular flexibility index (Phi) is 7.67. The third kappa shape index (κ3) is 6.59. The zero-order chi connectivity index (χ0) is 23.4. The number of piperidine rings is 1. The number of carboxylic acids is 1. The van der Waals surface area contributed by atoms with Gasteiger partial charge in [-0.05, 0) is 45.4 Å². The van der Waals surface area contributed by atoms with Crippen molar-refractivity contribution in [3.63, 3.8) is 0 Å². The van der Waals surface area contributed by atoms with Crippen LogP contribution in [0.3, 0.4) is 0 Å². The average Bonchev–Trinajstić information content (AvgIpc) is 3.13. The van der Waals surface area contributed by atoms with Crippen LogP contribution < -0.4 is 4.90 Å². The van der Waals surface area contributed by atoms with Crippen molar-refractivity contribution in [3.8, 4) is 0 Å². The number of aliphatic carboxylic acids is 1. The van der Waals surface area contributed by atoms with Crippen molar-refractivity contribution >= 4 is 23.1 Å². The van der Waals surface area contributed by atoms with Gasteiger partial charge >= 0.3 is 12.1 Å². The lowest BCUT2D eigenvalue weighted by atomic mass is 9.90. The predicted molar refractivity (Wildman–Crippen MR) is 113 cm³/mol. The number of aromatic nitrogens is 3. The van der Waals surface area contributed by atoms with Gasteiger partial charge < -0.3 is 14.7 Å². The molecule has 12 heteroatoms. The first kappa shape index (κ1) is 24.3. The number of morpholine rings is 1. The highest BCUT2D eigenvalue weighted by Crippen LogP contribution is 2.31. The zero-order valence-corrected chi connectivity index (χ0v) is 18.7. The van der Waals surface area contributed by atoms with E-state index < -0.39 is 12.1 Å². The second-order valence-electron chi connectivity index (χ2n) is 7.96. The quantitative estimate of drug-likeness (QED) is 0.728. The molecular formula is C20H26F3N5O3S. The third-order valence-corrected chi connectivity index (χ3v) is 6.09. The maximum absolute atomic E-state index is 10.6. The molecule has 4 heterocycles. The van der Waals surface area contributed by atoms with Crippen molar-refractivity contribution in [2.45, 2.75) is 45.0 Å². The smallest absolute Gasteiger partial charge is 0.475 e. The minimum Gasteiger partial charge on any atom is -0.475 e. The fourth-order valence-electron chi connectivity index (χ4n) is 3.88. The molecule has 1 unspecified atom stereocenters. The number of anilines is 1. The predicted octanol–water partition coefficient (Wildman–Crippen LogP) is 3.05. The highest BCUT2D eigenvalue weighted by atomic mass is 32.1. The lowest BCUT2D eigenvalue weighted by molar-refractivity contribution is -0.192. The Bertz CT molecular complexity index is 905. The van der Waals surface area contributed by atoms with E-state index in [1.165, 1.54) is 5.69 Å². The van der Waals surface area contributed by atoms with Gasteiger partial charge in [0.25, 0.3) is 0 Å². The standard InChI is InChI=1S/C18H25N5OS.C2HF3O2/c1-14-4-5-17(21-20-14)23-8-9-24-18(13-23)6-3-7-22(12-18)10-16-11-25-15(2)19-16;3-2(4,5)1(6)7/h4-5,11H,3,6-10,12-13H2,1-2H3;(H,6,7). The van der Waals surface area contributed by atoms with E-state index in [2.05, 4.69) is 43.4 Å². The molecule has 2 saturated heterocycles. The summed E-state index contributed by atoms with van der Waals surface area (Å²) in [6, 6.07) is 4.10. The second kappa shape index (κ2) is 10.1. The summed E-state index contributed by atoms with van der Waals surface area (Å²) >= 11 is 1.73. The number of halogens is 3. The van der Waals surface area contributed by atoms with Crippen LogP contribution in [0.25, 0.3) is 0 Å². The molecule has 0 amide bonds. The van der Waals surface area contributed by atoms with E-state index >= 15 is 0 Å². The van der Waals surface area contributed by atoms with Crippen LogP contribution in [-0.2, 0) is 16.1 Å². The number of nitrogens with zero attached hydrogens (tertiary/aromatic N) is 5. The molecule has 2 aromatic rings. The van der Waals surface area contributed by atoms with Crippen molar-refractivity contribution in [1.29, 1.82) is 0 Å². The summed E-state index contributed by atoms with van der Waals surface area (Å²) in [5.41, 5.74) is 2.03. The number of carbonyl (C=O) groups is 1. The maximum Gasteiger partial charge on any atom is 0.490 e. The normalized spacial score (nSPS) is 21.8. The molecule has 176 valence electrons. The summed E-state index contributed by atoms with van der Waals surface area (Å²) < 4.78 is 38.0. The number of ether oxygens (including phenoxy) is 1. The van der Waals surface area contributed by atoms with Gasteiger partial charge in [0.2, 0.25) is 0 Å². The van der Waals surface area contributed by atoms with E-state index in [1.807, 2.05) is 13.0 Å². The minimum atomic E-state index is -5.08. The maximum atomic E-state index is 10.6. The van der Waals surface area contributed by atoms with Gasteiger partial charge in [-0.3, -0.25) is 4.90 Å². The van der Waals surface area contributed by atoms with E-state index in [-0.39, 0.29) is 5.60 Å². The Hall–Kier alpha value is -2.31. The lowest BCUT2D eigenvalue weighted by Crippen LogP contribution is -2.59. The summed E-state index contributed by atoms with van der Waals surface area (Å²) in [6.45, 7) is 9.54. The van der Waals surface area contributed by atoms with Gasteiger partial charge in [0.1, 0.15) is 0 Å². The Balaban J connectivity index is 0.000000360. The van der Waals surface area contributed by atoms with Crippen molar-refractivity contribution in [1.82, 2.24) is 20.1 Å². The third-order valence-electron chi connectivity index (χ3n) is 5.27. The fraction of sp³-hybridized carbons (Fsp3) is 0.600. The molecule has 0 radical (unpaired) electrons. The highest BCUT2D eigenvalue weighted by molar-refractivity contribution is 7.09. The lowest BCUT2D eigenvalue weighted by Gasteiger charge is -2.48. The van der Waals surface area contributed by atoms with E-state index in [9.17, 15) is 13.2 Å². The summed E-state index contributed by atoms with van der Waals surface area (Å²) in [7, 11) is 0. The number of aryl methyl sites for hydroxylation is 2. The van der Waals surface area contributed by atoms with E-state index in [4.69, 9.17) is 14.6 Å². The monoisotopic (exact) mass is 473 g/mol. The van der Waals surface area contributed by atoms with Gasteiger partial charge in [0.05, 0.1) is 28.6 Å². The van der Waals surface area contributed by atoms with Gasteiger partial charge in [-0.2, -0.15) is 18.3 Å². The van der Waals surface area contributed by atoms with E-state index in [1.54, 1.807) is 11.3 Å². The molecular weight excluding hydrogens is 447 g/mol. The number of alkyl halides is 3. The van der Waals surface area contributed by atoms with E-state index in [0.29, 0.717) is 0 Å². The molecule has 2 fully saturated rings. The first-order valence-corrected chi connectivity index (χ1v) is 11.1. The molecule has 0 aliphatic carbocycles. The van der Waals surface area contributed by atoms with Gasteiger partial charge in [-0.1, -0.05) is 0 Å². The van der Waals surface area contributed by atoms with Crippen LogP contribution in [0.4, 0.5) is 19.0 Å². The topological polar surface area (TPSA) is 91.7 Å². The van der Waals surface area contributed by atoms with Crippen molar-refractivity contribution < 1.29 is 27.8 Å². The van der Waals surface area contributed by atoms with Crippen LogP contribution in [-0.4, -0.2) is 75.7 Å². The second-order valence-corrected chi connectivity index (χ2v) is 9.02.